The van der Waals surface area contributed by atoms with Crippen LogP contribution < -0.4 is 10.6 Å². The van der Waals surface area contributed by atoms with Crippen LogP contribution in [-0.4, -0.2) is 55.5 Å². The molecular weight excluding hydrogens is 424 g/mol. The summed E-state index contributed by atoms with van der Waals surface area (Å²) >= 11 is 0. The minimum absolute atomic E-state index is 0.00141. The third-order valence-corrected chi connectivity index (χ3v) is 6.60. The van der Waals surface area contributed by atoms with Crippen LogP contribution in [0.3, 0.4) is 0 Å². The molecule has 174 valence electrons. The Hall–Kier alpha value is -3.39. The number of hydrogen-bond donors (Lipinski definition) is 3. The van der Waals surface area contributed by atoms with E-state index < -0.39 is 29.4 Å². The molecule has 1 saturated heterocycles. The van der Waals surface area contributed by atoms with E-state index in [0.29, 0.717) is 0 Å². The van der Waals surface area contributed by atoms with Crippen LogP contribution in [0.1, 0.15) is 30.9 Å². The van der Waals surface area contributed by atoms with Gasteiger partial charge in [0.05, 0.1) is 30.6 Å². The van der Waals surface area contributed by atoms with E-state index in [1.165, 1.54) is 6.92 Å². The Labute approximate surface area is 192 Å². The Bertz CT molecular complexity index is 1020. The summed E-state index contributed by atoms with van der Waals surface area (Å²) in [5.74, 6) is -2.13. The van der Waals surface area contributed by atoms with Crippen LogP contribution in [0, 0.1) is 11.3 Å². The van der Waals surface area contributed by atoms with Crippen molar-refractivity contribution < 1.29 is 29.0 Å². The second-order valence-electron chi connectivity index (χ2n) is 8.90. The average Bonchev–Trinajstić information content (AvgIpc) is 3.34. The summed E-state index contributed by atoms with van der Waals surface area (Å²) in [6, 6.07) is 15.6. The van der Waals surface area contributed by atoms with E-state index in [0.717, 1.165) is 22.3 Å². The smallest absolute Gasteiger partial charge is 0.407 e. The van der Waals surface area contributed by atoms with Gasteiger partial charge in [-0.3, -0.25) is 9.59 Å². The number of benzene rings is 2. The number of carboxylic acid groups (broad SMARTS) is 1. The van der Waals surface area contributed by atoms with Crippen LogP contribution in [0.15, 0.2) is 48.5 Å². The van der Waals surface area contributed by atoms with Gasteiger partial charge in [-0.2, -0.15) is 0 Å². The van der Waals surface area contributed by atoms with Crippen LogP contribution in [-0.2, 0) is 19.1 Å². The predicted octanol–water partition coefficient (Wildman–Crippen LogP) is 2.77. The second kappa shape index (κ2) is 9.23. The van der Waals surface area contributed by atoms with Gasteiger partial charge in [0.1, 0.15) is 6.61 Å². The zero-order chi connectivity index (χ0) is 23.6. The maximum absolute atomic E-state index is 12.8. The van der Waals surface area contributed by atoms with E-state index >= 15 is 0 Å². The van der Waals surface area contributed by atoms with Gasteiger partial charge in [0.25, 0.3) is 0 Å². The Balaban J connectivity index is 1.38. The summed E-state index contributed by atoms with van der Waals surface area (Å²) < 4.78 is 11.1. The zero-order valence-corrected chi connectivity index (χ0v) is 18.7. The van der Waals surface area contributed by atoms with Crippen LogP contribution in [0.25, 0.3) is 11.1 Å². The molecule has 33 heavy (non-hydrogen) atoms. The molecular formula is C25H28N2O6. The minimum Gasteiger partial charge on any atom is -0.481 e. The first-order chi connectivity index (χ1) is 15.8. The third-order valence-electron chi connectivity index (χ3n) is 6.60. The van der Waals surface area contributed by atoms with Gasteiger partial charge in [0.15, 0.2) is 0 Å². The lowest BCUT2D eigenvalue weighted by Gasteiger charge is -2.29. The molecule has 3 unspecified atom stereocenters. The van der Waals surface area contributed by atoms with Crippen molar-refractivity contribution in [2.45, 2.75) is 25.8 Å². The molecule has 8 nitrogen and oxygen atoms in total. The van der Waals surface area contributed by atoms with Crippen molar-refractivity contribution in [3.63, 3.8) is 0 Å². The fourth-order valence-corrected chi connectivity index (χ4v) is 4.42. The number of rotatable bonds is 7. The quantitative estimate of drug-likeness (QED) is 0.595. The highest BCUT2D eigenvalue weighted by atomic mass is 16.5. The lowest BCUT2D eigenvalue weighted by atomic mass is 9.84. The Morgan fingerprint density at radius 1 is 1.12 bits per heavy atom. The SMILES string of the molecule is CC(CNC(=O)C1(C)COCC1NC(=O)OCC1c2ccccc2-c2ccccc21)C(=O)O. The standard InChI is InChI=1S/C25H28N2O6/c1-15(22(28)29)11-26-23(30)25(2)14-32-13-21(25)27-24(31)33-12-20-18-9-5-3-7-16(18)17-8-4-6-10-19(17)20/h3-10,15,20-21H,11-14H2,1-2H3,(H,26,30)(H,27,31)(H,28,29). The highest BCUT2D eigenvalue weighted by molar-refractivity contribution is 5.85. The summed E-state index contributed by atoms with van der Waals surface area (Å²) in [6.45, 7) is 3.67. The minimum atomic E-state index is -1.02. The van der Waals surface area contributed by atoms with Crippen LogP contribution >= 0.6 is 0 Å². The largest absolute Gasteiger partial charge is 0.481 e. The molecule has 0 saturated carbocycles. The summed E-state index contributed by atoms with van der Waals surface area (Å²) in [5.41, 5.74) is 3.50. The van der Waals surface area contributed by atoms with E-state index in [9.17, 15) is 14.4 Å². The summed E-state index contributed by atoms with van der Waals surface area (Å²) in [5, 5.41) is 14.4. The van der Waals surface area contributed by atoms with Gasteiger partial charge < -0.3 is 25.2 Å². The number of nitrogens with one attached hydrogen (secondary N) is 2. The zero-order valence-electron chi connectivity index (χ0n) is 18.7. The first-order valence-electron chi connectivity index (χ1n) is 11.0. The number of carboxylic acids is 1. The lowest BCUT2D eigenvalue weighted by Crippen LogP contribution is -2.54. The molecule has 1 fully saturated rings. The van der Waals surface area contributed by atoms with Crippen molar-refractivity contribution in [1.29, 1.82) is 0 Å². The number of carbonyl (C=O) groups excluding carboxylic acids is 2. The second-order valence-corrected chi connectivity index (χ2v) is 8.90. The van der Waals surface area contributed by atoms with Crippen molar-refractivity contribution in [3.8, 4) is 11.1 Å². The number of aliphatic carboxylic acids is 1. The molecule has 2 aliphatic rings. The van der Waals surface area contributed by atoms with Gasteiger partial charge in [-0.1, -0.05) is 55.5 Å². The maximum atomic E-state index is 12.8. The van der Waals surface area contributed by atoms with E-state index in [1.54, 1.807) is 6.92 Å². The third kappa shape index (κ3) is 4.43. The highest BCUT2D eigenvalue weighted by Gasteiger charge is 2.47. The molecule has 4 rings (SSSR count). The fraction of sp³-hybridized carbons (Fsp3) is 0.400. The first kappa shape index (κ1) is 22.8. The predicted molar refractivity (Wildman–Crippen MR) is 121 cm³/mol. The summed E-state index contributed by atoms with van der Waals surface area (Å²) in [7, 11) is 0. The molecule has 1 heterocycles. The number of amides is 2. The molecule has 1 aliphatic carbocycles. The van der Waals surface area contributed by atoms with Crippen LogP contribution in [0.5, 0.6) is 0 Å². The summed E-state index contributed by atoms with van der Waals surface area (Å²) in [4.78, 5) is 36.4. The van der Waals surface area contributed by atoms with Gasteiger partial charge in [-0.05, 0) is 29.2 Å². The van der Waals surface area contributed by atoms with E-state index in [-0.39, 0.29) is 38.2 Å². The van der Waals surface area contributed by atoms with Crippen molar-refractivity contribution in [3.05, 3.63) is 59.7 Å². The molecule has 2 aromatic carbocycles. The monoisotopic (exact) mass is 452 g/mol. The molecule has 3 atom stereocenters. The molecule has 0 spiro atoms. The van der Waals surface area contributed by atoms with E-state index in [4.69, 9.17) is 14.6 Å². The molecule has 2 amide bonds. The molecule has 0 radical (unpaired) electrons. The highest BCUT2D eigenvalue weighted by Crippen LogP contribution is 2.44. The van der Waals surface area contributed by atoms with Crippen molar-refractivity contribution in [2.75, 3.05) is 26.4 Å². The maximum Gasteiger partial charge on any atom is 0.407 e. The topological polar surface area (TPSA) is 114 Å². The molecule has 3 N–H and O–H groups in total. The Morgan fingerprint density at radius 2 is 1.73 bits per heavy atom. The van der Waals surface area contributed by atoms with Gasteiger partial charge in [-0.15, -0.1) is 0 Å². The molecule has 1 aliphatic heterocycles. The van der Waals surface area contributed by atoms with Gasteiger partial charge in [0, 0.05) is 12.5 Å². The van der Waals surface area contributed by atoms with Crippen molar-refractivity contribution in [2.24, 2.45) is 11.3 Å². The number of fused-ring (bicyclic) bond motifs is 3. The van der Waals surface area contributed by atoms with Crippen molar-refractivity contribution >= 4 is 18.0 Å². The number of hydrogen-bond acceptors (Lipinski definition) is 5. The normalized spacial score (nSPS) is 22.2. The lowest BCUT2D eigenvalue weighted by molar-refractivity contribution is -0.141. The van der Waals surface area contributed by atoms with Gasteiger partial charge in [-0.25, -0.2) is 4.79 Å². The van der Waals surface area contributed by atoms with Crippen molar-refractivity contribution in [1.82, 2.24) is 10.6 Å². The Kier molecular flexibility index (Phi) is 6.37. The summed E-state index contributed by atoms with van der Waals surface area (Å²) in [6.07, 6.45) is -0.620. The van der Waals surface area contributed by atoms with Crippen LogP contribution in [0.2, 0.25) is 0 Å². The number of alkyl carbamates (subject to hydrolysis) is 1. The van der Waals surface area contributed by atoms with Crippen LogP contribution in [0.4, 0.5) is 4.79 Å². The molecule has 2 aromatic rings. The number of ether oxygens (including phenoxy) is 2. The van der Waals surface area contributed by atoms with Gasteiger partial charge in [0.2, 0.25) is 5.91 Å². The molecule has 8 heteroatoms. The molecule has 0 aromatic heterocycles. The van der Waals surface area contributed by atoms with E-state index in [2.05, 4.69) is 22.8 Å². The van der Waals surface area contributed by atoms with E-state index in [1.807, 2.05) is 36.4 Å². The average molecular weight is 453 g/mol. The first-order valence-corrected chi connectivity index (χ1v) is 11.0. The molecule has 0 bridgehead atoms. The van der Waals surface area contributed by atoms with Gasteiger partial charge >= 0.3 is 12.1 Å². The fourth-order valence-electron chi connectivity index (χ4n) is 4.42. The number of carbonyl (C=O) groups is 3. The Morgan fingerprint density at radius 3 is 2.33 bits per heavy atom.